The van der Waals surface area contributed by atoms with Gasteiger partial charge < -0.3 is 59.0 Å². The molecule has 7 aliphatic heterocycles. The highest BCUT2D eigenvalue weighted by atomic mass is 31.2. The van der Waals surface area contributed by atoms with E-state index in [1.54, 1.807) is 0 Å². The van der Waals surface area contributed by atoms with Crippen molar-refractivity contribution >= 4 is 56.2 Å². The number of H-pyrrole nitrogens is 5. The van der Waals surface area contributed by atoms with Gasteiger partial charge in [-0.1, -0.05) is 0 Å². The quantitative estimate of drug-likeness (QED) is 0.0209. The topological polar surface area (TPSA) is 679 Å². The minimum Gasteiger partial charge on any atom is -0.390 e. The highest BCUT2D eigenvalue weighted by molar-refractivity contribution is 7.48. The second kappa shape index (κ2) is 31.5. The van der Waals surface area contributed by atoms with E-state index in [0.717, 1.165) is 67.3 Å². The van der Waals surface area contributed by atoms with Gasteiger partial charge >= 0.3 is 61.9 Å². The van der Waals surface area contributed by atoms with Crippen molar-refractivity contribution in [2.24, 2.45) is 10.2 Å². The van der Waals surface area contributed by atoms with Crippen LogP contribution in [0.15, 0.2) is 109 Å². The van der Waals surface area contributed by atoms with E-state index < -0.39 is 246 Å². The van der Waals surface area contributed by atoms with Crippen molar-refractivity contribution in [1.82, 2.24) is 57.7 Å². The van der Waals surface area contributed by atoms with E-state index in [0.29, 0.717) is 25.7 Å². The number of hydrogen-bond donors (Lipinski definition) is 12. The second-order valence-corrected chi connectivity index (χ2v) is 32.7. The summed E-state index contributed by atoms with van der Waals surface area (Å²) in [5.41, 5.74) is -3.56. The van der Waals surface area contributed by atoms with Crippen LogP contribution < -0.4 is 56.3 Å². The summed E-state index contributed by atoms with van der Waals surface area (Å²) >= 11 is 0. The lowest BCUT2D eigenvalue weighted by Gasteiger charge is -2.39. The molecule has 108 heavy (non-hydrogen) atoms. The number of anilines is 1. The van der Waals surface area contributed by atoms with Crippen LogP contribution in [-0.2, 0) is 91.7 Å². The van der Waals surface area contributed by atoms with E-state index in [1.807, 2.05) is 19.9 Å². The van der Waals surface area contributed by atoms with Gasteiger partial charge in [0.1, 0.15) is 91.6 Å². The fourth-order valence-corrected chi connectivity index (χ4v) is 17.6. The zero-order chi connectivity index (χ0) is 77.0. The van der Waals surface area contributed by atoms with Crippen molar-refractivity contribution < 1.29 is 121 Å². The number of fused-ring (bicyclic) bond motifs is 3. The van der Waals surface area contributed by atoms with Gasteiger partial charge in [0, 0.05) is 81.2 Å². The van der Waals surface area contributed by atoms with Crippen LogP contribution in [0.4, 0.5) is 5.95 Å². The Morgan fingerprint density at radius 3 is 1.14 bits per heavy atom. The van der Waals surface area contributed by atoms with E-state index in [9.17, 15) is 95.5 Å². The van der Waals surface area contributed by atoms with E-state index in [1.165, 1.54) is 10.9 Å². The van der Waals surface area contributed by atoms with Gasteiger partial charge in [0.05, 0.1) is 58.1 Å². The van der Waals surface area contributed by atoms with Gasteiger partial charge in [-0.05, 0) is 25.7 Å². The molecule has 1 aliphatic carbocycles. The Morgan fingerprint density at radius 1 is 0.463 bits per heavy atom. The number of nitrogen functional groups attached to an aromatic ring is 1. The number of phosphoric acid groups is 5. The van der Waals surface area contributed by atoms with E-state index in [2.05, 4.69) is 25.2 Å². The van der Waals surface area contributed by atoms with Gasteiger partial charge in [-0.2, -0.15) is 15.2 Å². The van der Waals surface area contributed by atoms with Crippen LogP contribution in [0.25, 0.3) is 11.2 Å². The Hall–Kier alpha value is -7.22. The minimum absolute atomic E-state index is 0.0139. The maximum Gasteiger partial charge on any atom is 0.472 e. The molecule has 0 radical (unpaired) electrons. The number of aromatic amines is 5. The van der Waals surface area contributed by atoms with Crippen LogP contribution in [0, 0.1) is 0 Å². The molecule has 0 aromatic carbocycles. The van der Waals surface area contributed by atoms with Gasteiger partial charge in [-0.3, -0.25) is 117 Å². The van der Waals surface area contributed by atoms with Crippen LogP contribution in [-0.4, -0.2) is 200 Å². The van der Waals surface area contributed by atoms with E-state index in [4.69, 9.17) is 74.7 Å². The molecule has 6 aromatic heterocycles. The summed E-state index contributed by atoms with van der Waals surface area (Å²) in [6.45, 7) is -5.49. The number of aliphatic hydroxyl groups is 1. The van der Waals surface area contributed by atoms with Crippen molar-refractivity contribution in [2.75, 3.05) is 45.4 Å². The Morgan fingerprint density at radius 2 is 0.796 bits per heavy atom. The number of rotatable bonds is 31. The molecule has 55 heteroatoms. The molecule has 6 fully saturated rings. The molecule has 2 bridgehead atoms. The van der Waals surface area contributed by atoms with Crippen LogP contribution in [0.1, 0.15) is 88.9 Å². The smallest absolute Gasteiger partial charge is 0.390 e. The van der Waals surface area contributed by atoms with Gasteiger partial charge in [-0.25, -0.2) is 47.0 Å². The second-order valence-electron chi connectivity index (χ2n) is 25.6. The first-order valence-electron chi connectivity index (χ1n) is 32.6. The van der Waals surface area contributed by atoms with Crippen molar-refractivity contribution in [3.8, 4) is 0 Å². The molecule has 14 rings (SSSR count). The predicted molar refractivity (Wildman–Crippen MR) is 351 cm³/mol. The number of aromatic nitrogens is 12. The summed E-state index contributed by atoms with van der Waals surface area (Å²) in [6, 6.07) is 3.71. The average molecular weight is 1630 g/mol. The summed E-state index contributed by atoms with van der Waals surface area (Å²) in [7, 11) is -27.0. The van der Waals surface area contributed by atoms with Crippen LogP contribution in [0.5, 0.6) is 0 Å². The number of nitrogens with one attached hydrogen (secondary N) is 5. The summed E-state index contributed by atoms with van der Waals surface area (Å²) < 4.78 is 157. The molecule has 6 aromatic rings. The van der Waals surface area contributed by atoms with Gasteiger partial charge in [0.15, 0.2) is 11.2 Å². The number of phosphoric ester groups is 5. The first-order valence-corrected chi connectivity index (χ1v) is 40.1. The lowest BCUT2D eigenvalue weighted by molar-refractivity contribution is -0.0649. The minimum atomic E-state index is -5.63. The number of imidazole rings is 1. The SMILES string of the molecule is Nc1nc2c(ncn2[C@H]2C[C@H](O)[C@@H](COP(=O)(O)O[C@H]3C[C@H](n4ccc(=O)[nH]c4=O)O[C@@H]3COP(=O)(O)O[C@H]3C[C@H](n4ccc(=O)[nH]c4=O)O[C@@H]3COP(=O)(O)O[C@H]3C[C@H](n4ccc(=O)[nH]c4=O)O[C@@H]3COP(=O)(O)O[C@H]3C[C@H](n4ccc(=O)[nH]c4=O)O[C@@H]3COP(=O)(O)OCC34CCC(CC3)N=N4)O2)c(=O)[nH]1. The molecule has 8 aliphatic rings. The average Bonchev–Trinajstić information content (AvgIpc) is 1.57. The Labute approximate surface area is 599 Å². The first-order chi connectivity index (χ1) is 51.0. The number of ether oxygens (including phenoxy) is 5. The van der Waals surface area contributed by atoms with E-state index in [-0.39, 0.29) is 36.2 Å². The van der Waals surface area contributed by atoms with Crippen LogP contribution in [0.2, 0.25) is 0 Å². The molecule has 20 atom stereocenters. The monoisotopic (exact) mass is 1630 g/mol. The lowest BCUT2D eigenvalue weighted by Crippen LogP contribution is -2.41. The molecule has 13 N–H and O–H groups in total. The normalized spacial score (nSPS) is 31.9. The molecule has 5 saturated heterocycles. The highest BCUT2D eigenvalue weighted by Gasteiger charge is 2.51. The Kier molecular flexibility index (Phi) is 23.0. The number of nitrogens with two attached hydrogens (primary N) is 1. The molecular weight excluding hydrogens is 1560 g/mol. The molecule has 5 unspecified atom stereocenters. The summed E-state index contributed by atoms with van der Waals surface area (Å²) in [4.78, 5) is 187. The molecule has 590 valence electrons. The Bertz CT molecular complexity index is 5200. The van der Waals surface area contributed by atoms with Crippen molar-refractivity contribution in [1.29, 1.82) is 0 Å². The first kappa shape index (κ1) is 78.9. The standard InChI is InChI=1S/C53H68N15O35P5/c54-48-60-46-45(47(74)61-48)55-24-68(46)40-13-26(69)31(95-40)18-90-105(81,82)100-28-15-42(65-10-4-37(71)57-50(65)76)97-33(28)20-92-107(85,86)102-30-17-44(67-12-6-39(73)59-52(67)78)99-35(30)22-93-108(87,88)103-29-16-43(66-11-5-38(72)58-51(66)77)98-34(29)21-91-106(83,84)101-27-14-41(64-9-3-36(70)56-49(64)75)96-32(27)19-89-104(79,80)94-23-53-7-1-25(2-8-53)62-63-53/h3-6,9-12,24-35,40-44,69H,1-2,7-8,13-23H2,(H,79,80)(H,81,82)(H,83,84)(H,85,86)(H,87,88)(H,56,70,75)(H,57,71,76)(H,58,72,77)(H,59,73,78)(H3,54,60,61,74)/t25?,26-,27-,28-,29-,30-,31+,32+,33+,34+,35+,40+,41+,42+,43+,44+,53?/m0/s1. The zero-order valence-corrected chi connectivity index (χ0v) is 59.9. The van der Waals surface area contributed by atoms with Gasteiger partial charge in [0.2, 0.25) is 5.95 Å². The highest BCUT2D eigenvalue weighted by Crippen LogP contribution is 2.56. The third-order valence-electron chi connectivity index (χ3n) is 18.2. The maximum absolute atomic E-state index is 14.2. The van der Waals surface area contributed by atoms with Crippen LogP contribution in [0.3, 0.4) is 0 Å². The van der Waals surface area contributed by atoms with Gasteiger partial charge in [-0.15, -0.1) is 0 Å². The molecule has 13 heterocycles. The number of aliphatic hydroxyl groups excluding tert-OH is 1. The van der Waals surface area contributed by atoms with Crippen LogP contribution >= 0.6 is 39.1 Å². The third-order valence-corrected chi connectivity index (χ3v) is 23.2. The largest absolute Gasteiger partial charge is 0.472 e. The summed E-state index contributed by atoms with van der Waals surface area (Å²) in [5.74, 6) is -0.257. The number of nitrogens with zero attached hydrogens (tertiary/aromatic N) is 9. The lowest BCUT2D eigenvalue weighted by atomic mass is 9.79. The predicted octanol–water partition coefficient (Wildman–Crippen LogP) is -2.01. The maximum atomic E-state index is 14.2. The van der Waals surface area contributed by atoms with Crippen molar-refractivity contribution in [2.45, 2.75) is 162 Å². The molecule has 0 amide bonds. The van der Waals surface area contributed by atoms with Crippen molar-refractivity contribution in [3.05, 3.63) is 149 Å². The Balaban J connectivity index is 0.677. The van der Waals surface area contributed by atoms with Crippen molar-refractivity contribution in [3.63, 3.8) is 0 Å². The third kappa shape index (κ3) is 18.7. The van der Waals surface area contributed by atoms with Gasteiger partial charge in [0.25, 0.3) is 27.8 Å². The number of azo groups is 1. The number of hydrogen-bond acceptors (Lipinski definition) is 35. The zero-order valence-electron chi connectivity index (χ0n) is 55.4. The molecule has 1 saturated carbocycles. The molecule has 0 spiro atoms. The molecule has 50 nitrogen and oxygen atoms in total. The molecular formula is C53H68N15O35P5. The van der Waals surface area contributed by atoms with E-state index >= 15 is 0 Å². The summed E-state index contributed by atoms with van der Waals surface area (Å²) in [5, 5.41) is 19.4. The fraction of sp³-hybridized carbons (Fsp3) is 0.604. The fourth-order valence-electron chi connectivity index (χ4n) is 13.0. The summed E-state index contributed by atoms with van der Waals surface area (Å²) in [6.07, 6.45) is -18.6.